The van der Waals surface area contributed by atoms with Gasteiger partial charge in [-0.3, -0.25) is 4.79 Å². The molecule has 1 atom stereocenters. The minimum Gasteiger partial charge on any atom is -0.491 e. The molecule has 0 bridgehead atoms. The first-order valence-corrected chi connectivity index (χ1v) is 10.1. The van der Waals surface area contributed by atoms with Crippen LogP contribution in [0, 0.1) is 0 Å². The van der Waals surface area contributed by atoms with Crippen LogP contribution in [0.15, 0.2) is 18.2 Å². The van der Waals surface area contributed by atoms with Crippen molar-refractivity contribution in [2.24, 2.45) is 0 Å². The summed E-state index contributed by atoms with van der Waals surface area (Å²) < 4.78 is 33.8. The smallest absolute Gasteiger partial charge is 0.246 e. The Morgan fingerprint density at radius 3 is 2.72 bits per heavy atom. The van der Waals surface area contributed by atoms with Crippen LogP contribution in [0.4, 0.5) is 0 Å². The number of carbonyl (C=O) groups is 1. The maximum Gasteiger partial charge on any atom is 0.246 e. The molecule has 2 rings (SSSR count). The van der Waals surface area contributed by atoms with Crippen LogP contribution in [0.25, 0.3) is 6.08 Å². The van der Waals surface area contributed by atoms with E-state index in [2.05, 4.69) is 0 Å². The molecule has 1 aromatic carbocycles. The van der Waals surface area contributed by atoms with Crippen LogP contribution in [0.2, 0.25) is 5.02 Å². The van der Waals surface area contributed by atoms with Gasteiger partial charge in [0, 0.05) is 19.2 Å². The molecule has 8 heteroatoms. The number of nitrogens with zero attached hydrogens (tertiary/aromatic N) is 1. The molecule has 25 heavy (non-hydrogen) atoms. The highest BCUT2D eigenvalue weighted by atomic mass is 35.5. The number of methoxy groups -OCH3 is 1. The van der Waals surface area contributed by atoms with E-state index in [0.29, 0.717) is 35.1 Å². The van der Waals surface area contributed by atoms with Gasteiger partial charge < -0.3 is 14.4 Å². The summed E-state index contributed by atoms with van der Waals surface area (Å²) in [6.45, 7) is 2.31. The molecule has 0 N–H and O–H groups in total. The van der Waals surface area contributed by atoms with Crippen molar-refractivity contribution in [1.29, 1.82) is 0 Å². The highest BCUT2D eigenvalue weighted by Gasteiger charge is 2.32. The predicted octanol–water partition coefficient (Wildman–Crippen LogP) is 2.41. The molecule has 1 heterocycles. The van der Waals surface area contributed by atoms with Gasteiger partial charge in [-0.2, -0.15) is 0 Å². The van der Waals surface area contributed by atoms with Crippen LogP contribution in [0.5, 0.6) is 11.5 Å². The van der Waals surface area contributed by atoms with Gasteiger partial charge in [0.1, 0.15) is 0 Å². The van der Waals surface area contributed by atoms with E-state index < -0.39 is 9.84 Å². The lowest BCUT2D eigenvalue weighted by atomic mass is 10.1. The number of rotatable bonds is 6. The Bertz CT molecular complexity index is 775. The van der Waals surface area contributed by atoms with Gasteiger partial charge in [-0.1, -0.05) is 11.6 Å². The molecule has 0 aliphatic carbocycles. The average molecular weight is 388 g/mol. The Labute approximate surface area is 153 Å². The lowest BCUT2D eigenvalue weighted by molar-refractivity contribution is -0.126. The maximum absolute atomic E-state index is 12.3. The molecule has 138 valence electrons. The highest BCUT2D eigenvalue weighted by molar-refractivity contribution is 7.91. The van der Waals surface area contributed by atoms with E-state index in [1.54, 1.807) is 25.3 Å². The molecule has 1 saturated heterocycles. The summed E-state index contributed by atoms with van der Waals surface area (Å²) in [7, 11) is 0.0910. The monoisotopic (exact) mass is 387 g/mol. The quantitative estimate of drug-likeness (QED) is 0.701. The second-order valence-corrected chi connectivity index (χ2v) is 8.44. The second kappa shape index (κ2) is 8.10. The van der Waals surface area contributed by atoms with Crippen molar-refractivity contribution >= 4 is 33.4 Å². The molecule has 1 amide bonds. The van der Waals surface area contributed by atoms with E-state index in [4.69, 9.17) is 21.1 Å². The third-order valence-electron chi connectivity index (χ3n) is 4.06. The molecular formula is C17H22ClNO5S. The summed E-state index contributed by atoms with van der Waals surface area (Å²) in [6, 6.07) is 3.13. The van der Waals surface area contributed by atoms with Gasteiger partial charge in [-0.25, -0.2) is 8.42 Å². The number of sulfone groups is 1. The topological polar surface area (TPSA) is 72.9 Å². The molecule has 1 fully saturated rings. The number of hydrogen-bond acceptors (Lipinski definition) is 5. The zero-order valence-corrected chi connectivity index (χ0v) is 16.1. The molecule has 0 radical (unpaired) electrons. The van der Waals surface area contributed by atoms with E-state index in [-0.39, 0.29) is 23.5 Å². The van der Waals surface area contributed by atoms with Crippen molar-refractivity contribution in [3.63, 3.8) is 0 Å². The van der Waals surface area contributed by atoms with Crippen LogP contribution in [-0.2, 0) is 14.6 Å². The Hall–Kier alpha value is -1.73. The van der Waals surface area contributed by atoms with Crippen molar-refractivity contribution in [3.05, 3.63) is 28.8 Å². The Morgan fingerprint density at radius 1 is 1.44 bits per heavy atom. The Kier molecular flexibility index (Phi) is 6.35. The van der Waals surface area contributed by atoms with E-state index in [1.807, 2.05) is 6.92 Å². The lowest BCUT2D eigenvalue weighted by Gasteiger charge is -2.21. The fraction of sp³-hybridized carbons (Fsp3) is 0.471. The fourth-order valence-electron chi connectivity index (χ4n) is 2.69. The Balaban J connectivity index is 2.14. The zero-order chi connectivity index (χ0) is 18.6. The van der Waals surface area contributed by atoms with Gasteiger partial charge in [0.2, 0.25) is 5.91 Å². The molecular weight excluding hydrogens is 366 g/mol. The summed E-state index contributed by atoms with van der Waals surface area (Å²) in [6.07, 6.45) is 3.50. The first-order chi connectivity index (χ1) is 11.8. The molecule has 1 aliphatic rings. The van der Waals surface area contributed by atoms with Gasteiger partial charge in [-0.15, -0.1) is 0 Å². The summed E-state index contributed by atoms with van der Waals surface area (Å²) in [5, 5.41) is 0.385. The largest absolute Gasteiger partial charge is 0.491 e. The fourth-order valence-corrected chi connectivity index (χ4v) is 4.76. The molecule has 0 saturated carbocycles. The summed E-state index contributed by atoms with van der Waals surface area (Å²) in [5.74, 6) is 0.837. The van der Waals surface area contributed by atoms with E-state index in [1.165, 1.54) is 18.1 Å². The van der Waals surface area contributed by atoms with Crippen LogP contribution < -0.4 is 9.47 Å². The molecule has 0 spiro atoms. The van der Waals surface area contributed by atoms with Crippen LogP contribution in [0.3, 0.4) is 0 Å². The first kappa shape index (κ1) is 19.6. The highest BCUT2D eigenvalue weighted by Crippen LogP contribution is 2.36. The second-order valence-electron chi connectivity index (χ2n) is 5.81. The molecule has 0 aromatic heterocycles. The van der Waals surface area contributed by atoms with Gasteiger partial charge in [-0.05, 0) is 37.1 Å². The van der Waals surface area contributed by atoms with Crippen molar-refractivity contribution in [2.75, 3.05) is 32.3 Å². The van der Waals surface area contributed by atoms with Crippen molar-refractivity contribution in [2.45, 2.75) is 19.4 Å². The first-order valence-electron chi connectivity index (χ1n) is 7.93. The zero-order valence-electron chi connectivity index (χ0n) is 14.5. The molecule has 6 nitrogen and oxygen atoms in total. The summed E-state index contributed by atoms with van der Waals surface area (Å²) >= 11 is 6.18. The van der Waals surface area contributed by atoms with Gasteiger partial charge in [0.25, 0.3) is 0 Å². The SMILES string of the molecule is CCOc1cc(C=CC(=O)N(C)C2CCS(=O)(=O)C2)cc(Cl)c1OC. The van der Waals surface area contributed by atoms with Gasteiger partial charge in [0.15, 0.2) is 21.3 Å². The minimum absolute atomic E-state index is 0.0198. The third kappa shape index (κ3) is 4.89. The number of likely N-dealkylation sites (N-methyl/N-ethyl adjacent to an activating group) is 1. The standard InChI is InChI=1S/C17H22ClNO5S/c1-4-24-15-10-12(9-14(18)17(15)23-3)5-6-16(20)19(2)13-7-8-25(21,22)11-13/h5-6,9-10,13H,4,7-8,11H2,1-3H3. The number of benzene rings is 1. The predicted molar refractivity (Wildman–Crippen MR) is 98.0 cm³/mol. The molecule has 1 aliphatic heterocycles. The van der Waals surface area contributed by atoms with Crippen LogP contribution in [0.1, 0.15) is 18.9 Å². The van der Waals surface area contributed by atoms with E-state index in [9.17, 15) is 13.2 Å². The Morgan fingerprint density at radius 2 is 2.16 bits per heavy atom. The van der Waals surface area contributed by atoms with Gasteiger partial charge in [0.05, 0.1) is 30.2 Å². The van der Waals surface area contributed by atoms with Crippen molar-refractivity contribution in [1.82, 2.24) is 4.90 Å². The third-order valence-corrected chi connectivity index (χ3v) is 6.09. The van der Waals surface area contributed by atoms with Crippen molar-refractivity contribution in [3.8, 4) is 11.5 Å². The van der Waals surface area contributed by atoms with Crippen molar-refractivity contribution < 1.29 is 22.7 Å². The van der Waals surface area contributed by atoms with Crippen LogP contribution >= 0.6 is 11.6 Å². The normalized spacial score (nSPS) is 19.1. The lowest BCUT2D eigenvalue weighted by Crippen LogP contribution is -2.36. The molecule has 1 unspecified atom stereocenters. The van der Waals surface area contributed by atoms with Crippen LogP contribution in [-0.4, -0.2) is 57.5 Å². The minimum atomic E-state index is -3.03. The van der Waals surface area contributed by atoms with E-state index >= 15 is 0 Å². The number of carbonyl (C=O) groups excluding carboxylic acids is 1. The molecule has 1 aromatic rings. The maximum atomic E-state index is 12.3. The number of halogens is 1. The summed E-state index contributed by atoms with van der Waals surface area (Å²) in [5.41, 5.74) is 0.690. The average Bonchev–Trinajstić information content (AvgIpc) is 2.92. The summed E-state index contributed by atoms with van der Waals surface area (Å²) in [4.78, 5) is 13.8. The van der Waals surface area contributed by atoms with Gasteiger partial charge >= 0.3 is 0 Å². The number of amides is 1. The van der Waals surface area contributed by atoms with E-state index in [0.717, 1.165) is 0 Å². The number of ether oxygens (including phenoxy) is 2. The number of hydrogen-bond donors (Lipinski definition) is 0.